The lowest BCUT2D eigenvalue weighted by molar-refractivity contribution is -0.144. The van der Waals surface area contributed by atoms with Gasteiger partial charge in [0, 0.05) is 33.8 Å². The van der Waals surface area contributed by atoms with Gasteiger partial charge in [0.2, 0.25) is 0 Å². The molecule has 3 aliphatic rings. The maximum absolute atomic E-state index is 13.9. The number of rotatable bonds is 6. The summed E-state index contributed by atoms with van der Waals surface area (Å²) < 4.78 is 17.8. The second kappa shape index (κ2) is 10.7. The maximum Gasteiger partial charge on any atom is 0.337 e. The molecule has 6 nitrogen and oxygen atoms in total. The Kier molecular flexibility index (Phi) is 7.43. The predicted molar refractivity (Wildman–Crippen MR) is 145 cm³/mol. The molecule has 1 aliphatic heterocycles. The highest BCUT2D eigenvalue weighted by molar-refractivity contribution is 9.10. The van der Waals surface area contributed by atoms with Gasteiger partial charge in [0.05, 0.1) is 19.8 Å². The summed E-state index contributed by atoms with van der Waals surface area (Å²) in [6, 6.07) is 13.8. The lowest BCUT2D eigenvalue weighted by Crippen LogP contribution is -2.36. The molecule has 1 fully saturated rings. The molecule has 1 saturated carbocycles. The quantitative estimate of drug-likeness (QED) is 0.413. The van der Waals surface area contributed by atoms with E-state index in [1.807, 2.05) is 37.3 Å². The van der Waals surface area contributed by atoms with E-state index in [4.69, 9.17) is 14.2 Å². The zero-order valence-corrected chi connectivity index (χ0v) is 23.0. The number of halogens is 1. The molecule has 7 heteroatoms. The highest BCUT2D eigenvalue weighted by Crippen LogP contribution is 2.49. The van der Waals surface area contributed by atoms with Crippen molar-refractivity contribution in [3.8, 4) is 11.5 Å². The molecule has 2 aromatic rings. The molecular weight excluding hydrogens is 534 g/mol. The van der Waals surface area contributed by atoms with E-state index in [-0.39, 0.29) is 23.8 Å². The van der Waals surface area contributed by atoms with E-state index in [0.29, 0.717) is 35.5 Å². The molecule has 0 bridgehead atoms. The van der Waals surface area contributed by atoms with Crippen molar-refractivity contribution in [2.75, 3.05) is 14.2 Å². The number of dihydropyridines is 1. The van der Waals surface area contributed by atoms with Gasteiger partial charge >= 0.3 is 5.97 Å². The minimum Gasteiger partial charge on any atom is -0.493 e. The van der Waals surface area contributed by atoms with Gasteiger partial charge in [0.25, 0.3) is 0 Å². The molecule has 0 aromatic heterocycles. The number of ether oxygens (including phenoxy) is 3. The van der Waals surface area contributed by atoms with Crippen LogP contribution < -0.4 is 14.8 Å². The van der Waals surface area contributed by atoms with Gasteiger partial charge in [-0.1, -0.05) is 46.3 Å². The second-order valence-electron chi connectivity index (χ2n) is 9.97. The van der Waals surface area contributed by atoms with Crippen LogP contribution >= 0.6 is 15.9 Å². The van der Waals surface area contributed by atoms with Crippen molar-refractivity contribution in [2.45, 2.75) is 63.4 Å². The van der Waals surface area contributed by atoms with Crippen LogP contribution in [0.25, 0.3) is 0 Å². The van der Waals surface area contributed by atoms with E-state index in [0.717, 1.165) is 52.7 Å². The van der Waals surface area contributed by atoms with Crippen molar-refractivity contribution >= 4 is 27.7 Å². The Morgan fingerprint density at radius 3 is 2.35 bits per heavy atom. The standard InChI is InChI=1S/C30H32BrNO5/c1-17-27(30(34)37-20-11-7-8-12-20)28(21-15-25(35-2)26(36-3)16-22(21)31)29-23(32-17)13-19(14-24(29)33)18-9-5-4-6-10-18/h4-6,9-10,15-16,19-20,28,32H,7-8,11-14H2,1-3H3/t19-,28+/m1/s1. The van der Waals surface area contributed by atoms with Crippen molar-refractivity contribution in [1.29, 1.82) is 0 Å². The summed E-state index contributed by atoms with van der Waals surface area (Å²) in [6.07, 6.45) is 4.87. The molecular formula is C30H32BrNO5. The van der Waals surface area contributed by atoms with Crippen LogP contribution in [-0.2, 0) is 14.3 Å². The number of benzene rings is 2. The molecule has 2 aromatic carbocycles. The smallest absolute Gasteiger partial charge is 0.337 e. The minimum atomic E-state index is -0.580. The van der Waals surface area contributed by atoms with Crippen LogP contribution in [0, 0.1) is 0 Å². The topological polar surface area (TPSA) is 73.9 Å². The van der Waals surface area contributed by atoms with Crippen molar-refractivity contribution in [1.82, 2.24) is 5.32 Å². The first-order chi connectivity index (χ1) is 17.9. The average molecular weight is 566 g/mol. The van der Waals surface area contributed by atoms with Crippen molar-refractivity contribution in [3.63, 3.8) is 0 Å². The Morgan fingerprint density at radius 2 is 1.68 bits per heavy atom. The Morgan fingerprint density at radius 1 is 1.00 bits per heavy atom. The van der Waals surface area contributed by atoms with E-state index in [1.54, 1.807) is 14.2 Å². The van der Waals surface area contributed by atoms with Gasteiger partial charge < -0.3 is 19.5 Å². The third-order valence-electron chi connectivity index (χ3n) is 7.71. The molecule has 1 N–H and O–H groups in total. The molecule has 0 radical (unpaired) electrons. The summed E-state index contributed by atoms with van der Waals surface area (Å²) in [4.78, 5) is 27.5. The van der Waals surface area contributed by atoms with Gasteiger partial charge in [-0.2, -0.15) is 0 Å². The van der Waals surface area contributed by atoms with Crippen molar-refractivity contribution in [2.24, 2.45) is 0 Å². The zero-order valence-electron chi connectivity index (χ0n) is 21.4. The van der Waals surface area contributed by atoms with E-state index in [2.05, 4.69) is 33.4 Å². The highest BCUT2D eigenvalue weighted by atomic mass is 79.9. The fourth-order valence-corrected chi connectivity index (χ4v) is 6.44. The molecule has 0 amide bonds. The van der Waals surface area contributed by atoms with Gasteiger partial charge in [-0.15, -0.1) is 0 Å². The number of methoxy groups -OCH3 is 2. The van der Waals surface area contributed by atoms with Gasteiger partial charge in [-0.3, -0.25) is 4.79 Å². The van der Waals surface area contributed by atoms with Gasteiger partial charge in [-0.25, -0.2) is 4.79 Å². The van der Waals surface area contributed by atoms with Crippen molar-refractivity contribution < 1.29 is 23.8 Å². The fraction of sp³-hybridized carbons (Fsp3) is 0.400. The third-order valence-corrected chi connectivity index (χ3v) is 8.40. The molecule has 0 unspecified atom stereocenters. The summed E-state index contributed by atoms with van der Waals surface area (Å²) in [7, 11) is 3.16. The van der Waals surface area contributed by atoms with Crippen LogP contribution in [0.2, 0.25) is 0 Å². The minimum absolute atomic E-state index is 0.0351. The fourth-order valence-electron chi connectivity index (χ4n) is 5.89. The first-order valence-electron chi connectivity index (χ1n) is 12.8. The predicted octanol–water partition coefficient (Wildman–Crippen LogP) is 6.31. The zero-order chi connectivity index (χ0) is 26.1. The summed E-state index contributed by atoms with van der Waals surface area (Å²) in [5.74, 6) is 0.267. The third kappa shape index (κ3) is 4.93. The molecule has 2 atom stereocenters. The molecule has 1 heterocycles. The van der Waals surface area contributed by atoms with Crippen LogP contribution in [0.5, 0.6) is 11.5 Å². The normalized spacial score (nSPS) is 22.0. The number of allylic oxidation sites excluding steroid dienone is 3. The van der Waals surface area contributed by atoms with Gasteiger partial charge in [0.1, 0.15) is 6.10 Å². The Balaban J connectivity index is 1.61. The summed E-state index contributed by atoms with van der Waals surface area (Å²) in [5, 5.41) is 3.44. The number of hydrogen-bond donors (Lipinski definition) is 1. The number of carbonyl (C=O) groups is 2. The van der Waals surface area contributed by atoms with E-state index < -0.39 is 5.92 Å². The second-order valence-corrected chi connectivity index (χ2v) is 10.8. The highest BCUT2D eigenvalue weighted by Gasteiger charge is 2.43. The molecule has 0 saturated heterocycles. The number of esters is 1. The molecule has 37 heavy (non-hydrogen) atoms. The van der Waals surface area contributed by atoms with Gasteiger partial charge in [-0.05, 0) is 68.2 Å². The number of nitrogens with one attached hydrogen (secondary N) is 1. The lowest BCUT2D eigenvalue weighted by Gasteiger charge is -2.37. The molecule has 0 spiro atoms. The van der Waals surface area contributed by atoms with E-state index >= 15 is 0 Å². The van der Waals surface area contributed by atoms with E-state index in [1.165, 1.54) is 0 Å². The van der Waals surface area contributed by atoms with E-state index in [9.17, 15) is 9.59 Å². The SMILES string of the molecule is COc1cc(Br)c([C@H]2C(C(=O)OC3CCCC3)=C(C)NC3=C2C(=O)C[C@H](c2ccccc2)C3)cc1OC. The van der Waals surface area contributed by atoms with Gasteiger partial charge in [0.15, 0.2) is 17.3 Å². The molecule has 194 valence electrons. The maximum atomic E-state index is 13.9. The summed E-state index contributed by atoms with van der Waals surface area (Å²) in [6.45, 7) is 1.90. The Labute approximate surface area is 226 Å². The molecule has 2 aliphatic carbocycles. The van der Waals surface area contributed by atoms with Crippen molar-refractivity contribution in [3.05, 3.63) is 80.6 Å². The first kappa shape index (κ1) is 25.6. The number of carbonyl (C=O) groups excluding carboxylic acids is 2. The number of Topliss-reactive ketones (excluding diaryl/α,β-unsaturated/α-hetero) is 1. The Bertz CT molecular complexity index is 1280. The Hall–Kier alpha value is -3.06. The largest absolute Gasteiger partial charge is 0.493 e. The number of hydrogen-bond acceptors (Lipinski definition) is 6. The number of ketones is 1. The van der Waals surface area contributed by atoms with Crippen LogP contribution in [0.15, 0.2) is 69.5 Å². The lowest BCUT2D eigenvalue weighted by atomic mass is 9.71. The average Bonchev–Trinajstić information content (AvgIpc) is 3.41. The summed E-state index contributed by atoms with van der Waals surface area (Å²) >= 11 is 3.69. The van der Waals surface area contributed by atoms with Crippen LogP contribution in [-0.4, -0.2) is 32.1 Å². The summed E-state index contributed by atoms with van der Waals surface area (Å²) in [5.41, 5.74) is 4.60. The van der Waals surface area contributed by atoms with Crippen LogP contribution in [0.1, 0.15) is 68.4 Å². The van der Waals surface area contributed by atoms with Crippen LogP contribution in [0.4, 0.5) is 0 Å². The monoisotopic (exact) mass is 565 g/mol. The molecule has 5 rings (SSSR count). The van der Waals surface area contributed by atoms with Crippen LogP contribution in [0.3, 0.4) is 0 Å². The first-order valence-corrected chi connectivity index (χ1v) is 13.6.